The quantitative estimate of drug-likeness (QED) is 0.286. The number of amides is 1. The molecule has 0 atom stereocenters. The zero-order chi connectivity index (χ0) is 19.5. The standard InChI is InChI=1S/C22H30N4O.HI/c1-4-8-21(27)26-20-13-11-18(12-14-20)15-24-22(23-5-2)25-16-19-10-7-6-9-17(19)3;/h6-7,9-14H,4-5,8,15-16H2,1-3H3,(H,26,27)(H2,23,24,25);1H. The first-order chi connectivity index (χ1) is 13.1. The maximum atomic E-state index is 11.6. The van der Waals surface area contributed by atoms with Gasteiger partial charge in [0.15, 0.2) is 5.96 Å². The first kappa shape index (κ1) is 23.9. The van der Waals surface area contributed by atoms with Crippen molar-refractivity contribution in [2.45, 2.75) is 46.7 Å². The molecule has 1 amide bonds. The van der Waals surface area contributed by atoms with E-state index >= 15 is 0 Å². The lowest BCUT2D eigenvalue weighted by Gasteiger charge is -2.13. The first-order valence-electron chi connectivity index (χ1n) is 9.57. The van der Waals surface area contributed by atoms with Crippen molar-refractivity contribution in [1.82, 2.24) is 10.6 Å². The summed E-state index contributed by atoms with van der Waals surface area (Å²) < 4.78 is 0. The summed E-state index contributed by atoms with van der Waals surface area (Å²) in [5.74, 6) is 0.846. The van der Waals surface area contributed by atoms with Crippen LogP contribution in [0, 0.1) is 6.92 Å². The predicted octanol–water partition coefficient (Wildman–Crippen LogP) is 4.61. The lowest BCUT2D eigenvalue weighted by Crippen LogP contribution is -2.36. The van der Waals surface area contributed by atoms with Gasteiger partial charge in [-0.2, -0.15) is 0 Å². The molecular weight excluding hydrogens is 463 g/mol. The van der Waals surface area contributed by atoms with Gasteiger partial charge in [-0.05, 0) is 49.1 Å². The van der Waals surface area contributed by atoms with E-state index in [-0.39, 0.29) is 29.9 Å². The molecule has 2 rings (SSSR count). The number of aryl methyl sites for hydroxylation is 1. The number of aliphatic imine (C=N–C) groups is 1. The van der Waals surface area contributed by atoms with E-state index in [1.54, 1.807) is 0 Å². The third-order valence-electron chi connectivity index (χ3n) is 4.19. The molecule has 2 aromatic rings. The largest absolute Gasteiger partial charge is 0.357 e. The monoisotopic (exact) mass is 494 g/mol. The van der Waals surface area contributed by atoms with Crippen LogP contribution in [0.5, 0.6) is 0 Å². The minimum Gasteiger partial charge on any atom is -0.357 e. The van der Waals surface area contributed by atoms with Crippen molar-refractivity contribution in [3.63, 3.8) is 0 Å². The molecule has 0 radical (unpaired) electrons. The summed E-state index contributed by atoms with van der Waals surface area (Å²) in [7, 11) is 0. The molecule has 0 saturated carbocycles. The molecule has 0 aliphatic rings. The van der Waals surface area contributed by atoms with E-state index in [1.165, 1.54) is 11.1 Å². The van der Waals surface area contributed by atoms with Crippen molar-refractivity contribution >= 4 is 41.5 Å². The Kier molecular flexibility index (Phi) is 11.2. The average Bonchev–Trinajstić information content (AvgIpc) is 2.66. The van der Waals surface area contributed by atoms with Crippen LogP contribution < -0.4 is 16.0 Å². The topological polar surface area (TPSA) is 65.5 Å². The first-order valence-corrected chi connectivity index (χ1v) is 9.57. The number of halogens is 1. The molecule has 5 nitrogen and oxygen atoms in total. The van der Waals surface area contributed by atoms with Crippen molar-refractivity contribution in [2.75, 3.05) is 11.9 Å². The summed E-state index contributed by atoms with van der Waals surface area (Å²) in [4.78, 5) is 16.3. The van der Waals surface area contributed by atoms with Gasteiger partial charge in [0.05, 0.1) is 6.54 Å². The van der Waals surface area contributed by atoms with Crippen LogP contribution in [0.15, 0.2) is 53.5 Å². The van der Waals surface area contributed by atoms with Crippen LogP contribution in [0.1, 0.15) is 43.4 Å². The minimum absolute atomic E-state index is 0. The fourth-order valence-electron chi connectivity index (χ4n) is 2.64. The summed E-state index contributed by atoms with van der Waals surface area (Å²) in [5.41, 5.74) is 4.44. The Balaban J connectivity index is 0.00000392. The Bertz CT molecular complexity index is 759. The molecule has 3 N–H and O–H groups in total. The molecule has 0 heterocycles. The van der Waals surface area contributed by atoms with Gasteiger partial charge in [0.25, 0.3) is 0 Å². The van der Waals surface area contributed by atoms with Crippen LogP contribution in [-0.2, 0) is 17.9 Å². The fourth-order valence-corrected chi connectivity index (χ4v) is 2.64. The van der Waals surface area contributed by atoms with Crippen LogP contribution in [0.25, 0.3) is 0 Å². The maximum absolute atomic E-state index is 11.6. The Morgan fingerprint density at radius 3 is 2.36 bits per heavy atom. The van der Waals surface area contributed by atoms with Crippen molar-refractivity contribution < 1.29 is 4.79 Å². The number of hydrogen-bond donors (Lipinski definition) is 3. The van der Waals surface area contributed by atoms with E-state index in [0.29, 0.717) is 13.0 Å². The van der Waals surface area contributed by atoms with Crippen LogP contribution in [0.3, 0.4) is 0 Å². The predicted molar refractivity (Wildman–Crippen MR) is 128 cm³/mol. The molecule has 28 heavy (non-hydrogen) atoms. The minimum atomic E-state index is 0. The van der Waals surface area contributed by atoms with Crippen LogP contribution >= 0.6 is 24.0 Å². The highest BCUT2D eigenvalue weighted by Gasteiger charge is 2.02. The van der Waals surface area contributed by atoms with E-state index in [9.17, 15) is 4.79 Å². The van der Waals surface area contributed by atoms with Crippen molar-refractivity contribution in [2.24, 2.45) is 4.99 Å². The zero-order valence-electron chi connectivity index (χ0n) is 16.9. The van der Waals surface area contributed by atoms with Crippen LogP contribution in [-0.4, -0.2) is 18.4 Å². The summed E-state index contributed by atoms with van der Waals surface area (Å²) in [6.07, 6.45) is 1.39. The van der Waals surface area contributed by atoms with Gasteiger partial charge >= 0.3 is 0 Å². The molecule has 0 fully saturated rings. The molecule has 0 aliphatic carbocycles. The number of nitrogens with zero attached hydrogens (tertiary/aromatic N) is 1. The van der Waals surface area contributed by atoms with E-state index in [0.717, 1.165) is 36.7 Å². The lowest BCUT2D eigenvalue weighted by molar-refractivity contribution is -0.116. The number of rotatable bonds is 8. The average molecular weight is 494 g/mol. The molecule has 0 aliphatic heterocycles. The maximum Gasteiger partial charge on any atom is 0.224 e. The second kappa shape index (κ2) is 13.1. The van der Waals surface area contributed by atoms with Gasteiger partial charge in [0.2, 0.25) is 5.91 Å². The molecular formula is C22H31IN4O. The Morgan fingerprint density at radius 2 is 1.71 bits per heavy atom. The molecule has 6 heteroatoms. The van der Waals surface area contributed by atoms with E-state index in [4.69, 9.17) is 0 Å². The Hall–Kier alpha value is -2.09. The van der Waals surface area contributed by atoms with Gasteiger partial charge in [-0.15, -0.1) is 24.0 Å². The summed E-state index contributed by atoms with van der Waals surface area (Å²) in [6.45, 7) is 8.28. The summed E-state index contributed by atoms with van der Waals surface area (Å²) >= 11 is 0. The number of nitrogens with one attached hydrogen (secondary N) is 3. The highest BCUT2D eigenvalue weighted by atomic mass is 127. The van der Waals surface area contributed by atoms with E-state index < -0.39 is 0 Å². The number of benzene rings is 2. The lowest BCUT2D eigenvalue weighted by atomic mass is 10.1. The molecule has 152 valence electrons. The van der Waals surface area contributed by atoms with Crippen LogP contribution in [0.4, 0.5) is 5.69 Å². The number of hydrogen-bond acceptors (Lipinski definition) is 2. The van der Waals surface area contributed by atoms with Gasteiger partial charge in [-0.3, -0.25) is 4.79 Å². The number of guanidine groups is 1. The smallest absolute Gasteiger partial charge is 0.224 e. The number of anilines is 1. The SMILES string of the molecule is CCCC(=O)Nc1ccc(CN=C(NCC)NCc2ccccc2C)cc1.I. The second-order valence-corrected chi connectivity index (χ2v) is 6.47. The zero-order valence-corrected chi connectivity index (χ0v) is 19.2. The number of carbonyl (C=O) groups is 1. The second-order valence-electron chi connectivity index (χ2n) is 6.47. The number of carbonyl (C=O) groups excluding carboxylic acids is 1. The fraction of sp³-hybridized carbons (Fsp3) is 0.364. The Labute approximate surface area is 185 Å². The van der Waals surface area contributed by atoms with Gasteiger partial charge in [0, 0.05) is 25.2 Å². The van der Waals surface area contributed by atoms with Crippen molar-refractivity contribution in [1.29, 1.82) is 0 Å². The normalized spacial score (nSPS) is 10.8. The third-order valence-corrected chi connectivity index (χ3v) is 4.19. The molecule has 0 unspecified atom stereocenters. The molecule has 0 spiro atoms. The summed E-state index contributed by atoms with van der Waals surface area (Å²) in [5, 5.41) is 9.56. The molecule has 0 saturated heterocycles. The van der Waals surface area contributed by atoms with Crippen molar-refractivity contribution in [3.05, 3.63) is 65.2 Å². The van der Waals surface area contributed by atoms with Gasteiger partial charge in [-0.1, -0.05) is 43.3 Å². The van der Waals surface area contributed by atoms with Crippen LogP contribution in [0.2, 0.25) is 0 Å². The Morgan fingerprint density at radius 1 is 1.00 bits per heavy atom. The van der Waals surface area contributed by atoms with E-state index in [1.807, 2.05) is 37.3 Å². The highest BCUT2D eigenvalue weighted by molar-refractivity contribution is 14.0. The molecule has 0 bridgehead atoms. The molecule has 0 aromatic heterocycles. The van der Waals surface area contributed by atoms with Gasteiger partial charge < -0.3 is 16.0 Å². The van der Waals surface area contributed by atoms with Gasteiger partial charge in [-0.25, -0.2) is 4.99 Å². The van der Waals surface area contributed by atoms with Crippen molar-refractivity contribution in [3.8, 4) is 0 Å². The highest BCUT2D eigenvalue weighted by Crippen LogP contribution is 2.11. The molecule has 2 aromatic carbocycles. The summed E-state index contributed by atoms with van der Waals surface area (Å²) in [6, 6.07) is 16.2. The van der Waals surface area contributed by atoms with E-state index in [2.05, 4.69) is 53.0 Å². The third kappa shape index (κ3) is 8.29. The van der Waals surface area contributed by atoms with Gasteiger partial charge in [0.1, 0.15) is 0 Å².